The Morgan fingerprint density at radius 3 is 2.88 bits per heavy atom. The molecule has 0 aliphatic carbocycles. The number of likely N-dealkylation sites (tertiary alicyclic amines) is 1. The summed E-state index contributed by atoms with van der Waals surface area (Å²) in [6.07, 6.45) is 1.86. The molecule has 1 unspecified atom stereocenters. The fourth-order valence-electron chi connectivity index (χ4n) is 3.15. The van der Waals surface area contributed by atoms with Crippen LogP contribution in [0.25, 0.3) is 0 Å². The van der Waals surface area contributed by atoms with Crippen LogP contribution in [0.15, 0.2) is 29.3 Å². The molecular weight excluding hydrogens is 328 g/mol. The standard InChI is InChI=1S/C20H32N4O2/c1-5-21-20(22-14-16-9-7-11-18(13-16)23(3)4)24-12-8-10-17(15-24)19(25)26-6-2/h7,9,11,13,17H,5-6,8,10,12,14-15H2,1-4H3,(H,21,22). The van der Waals surface area contributed by atoms with Crippen molar-refractivity contribution in [3.05, 3.63) is 29.8 Å². The third-order valence-corrected chi connectivity index (χ3v) is 4.51. The molecule has 1 heterocycles. The Morgan fingerprint density at radius 1 is 1.38 bits per heavy atom. The highest BCUT2D eigenvalue weighted by Gasteiger charge is 2.28. The summed E-state index contributed by atoms with van der Waals surface area (Å²) in [7, 11) is 4.07. The number of nitrogens with one attached hydrogen (secondary N) is 1. The Labute approximate surface area is 157 Å². The number of rotatable bonds is 6. The lowest BCUT2D eigenvalue weighted by Crippen LogP contribution is -2.48. The Bertz CT molecular complexity index is 616. The molecule has 1 aliphatic rings. The van der Waals surface area contributed by atoms with Gasteiger partial charge in [0.05, 0.1) is 19.1 Å². The average Bonchev–Trinajstić information content (AvgIpc) is 2.65. The predicted molar refractivity (Wildman–Crippen MR) is 107 cm³/mol. The quantitative estimate of drug-likeness (QED) is 0.480. The zero-order valence-electron chi connectivity index (χ0n) is 16.5. The number of piperidine rings is 1. The molecule has 0 spiro atoms. The molecule has 1 aliphatic heterocycles. The highest BCUT2D eigenvalue weighted by atomic mass is 16.5. The molecule has 0 bridgehead atoms. The number of guanidine groups is 1. The molecule has 0 amide bonds. The molecule has 1 fully saturated rings. The van der Waals surface area contributed by atoms with Crippen LogP contribution in [0, 0.1) is 5.92 Å². The van der Waals surface area contributed by atoms with E-state index < -0.39 is 0 Å². The second kappa shape index (κ2) is 10.0. The lowest BCUT2D eigenvalue weighted by atomic mass is 9.98. The minimum absolute atomic E-state index is 0.0652. The lowest BCUT2D eigenvalue weighted by Gasteiger charge is -2.34. The van der Waals surface area contributed by atoms with Crippen molar-refractivity contribution < 1.29 is 9.53 Å². The first-order valence-corrected chi connectivity index (χ1v) is 9.51. The summed E-state index contributed by atoms with van der Waals surface area (Å²) in [5, 5.41) is 3.36. The van der Waals surface area contributed by atoms with E-state index in [2.05, 4.69) is 46.3 Å². The third kappa shape index (κ3) is 5.64. The predicted octanol–water partition coefficient (Wildman–Crippen LogP) is 2.49. The number of aliphatic imine (C=N–C) groups is 1. The fraction of sp³-hybridized carbons (Fsp3) is 0.600. The van der Waals surface area contributed by atoms with Gasteiger partial charge in [0, 0.05) is 39.4 Å². The smallest absolute Gasteiger partial charge is 0.310 e. The number of carbonyl (C=O) groups excluding carboxylic acids is 1. The van der Waals surface area contributed by atoms with E-state index in [9.17, 15) is 4.79 Å². The molecule has 1 N–H and O–H groups in total. The maximum Gasteiger partial charge on any atom is 0.310 e. The highest BCUT2D eigenvalue weighted by Crippen LogP contribution is 2.19. The van der Waals surface area contributed by atoms with Gasteiger partial charge < -0.3 is 19.9 Å². The number of esters is 1. The van der Waals surface area contributed by atoms with Gasteiger partial charge in [-0.1, -0.05) is 12.1 Å². The van der Waals surface area contributed by atoms with Crippen molar-refractivity contribution in [1.29, 1.82) is 0 Å². The first-order valence-electron chi connectivity index (χ1n) is 9.51. The Morgan fingerprint density at radius 2 is 2.19 bits per heavy atom. The highest BCUT2D eigenvalue weighted by molar-refractivity contribution is 5.81. The van der Waals surface area contributed by atoms with E-state index in [1.165, 1.54) is 11.3 Å². The van der Waals surface area contributed by atoms with Crippen LogP contribution in [-0.4, -0.2) is 57.2 Å². The van der Waals surface area contributed by atoms with Gasteiger partial charge in [-0.2, -0.15) is 0 Å². The van der Waals surface area contributed by atoms with Gasteiger partial charge in [-0.05, 0) is 44.4 Å². The first-order chi connectivity index (χ1) is 12.5. The summed E-state index contributed by atoms with van der Waals surface area (Å²) in [5.74, 6) is 0.716. The second-order valence-corrected chi connectivity index (χ2v) is 6.77. The van der Waals surface area contributed by atoms with Crippen molar-refractivity contribution in [3.63, 3.8) is 0 Å². The molecular formula is C20H32N4O2. The Hall–Kier alpha value is -2.24. The summed E-state index contributed by atoms with van der Waals surface area (Å²) in [4.78, 5) is 21.2. The topological polar surface area (TPSA) is 57.2 Å². The van der Waals surface area contributed by atoms with E-state index in [1.807, 2.05) is 21.0 Å². The van der Waals surface area contributed by atoms with E-state index in [0.29, 0.717) is 19.7 Å². The average molecular weight is 361 g/mol. The molecule has 6 heteroatoms. The van der Waals surface area contributed by atoms with E-state index in [-0.39, 0.29) is 11.9 Å². The summed E-state index contributed by atoms with van der Waals surface area (Å²) in [6, 6.07) is 8.40. The second-order valence-electron chi connectivity index (χ2n) is 6.77. The summed E-state index contributed by atoms with van der Waals surface area (Å²) < 4.78 is 5.20. The molecule has 6 nitrogen and oxygen atoms in total. The summed E-state index contributed by atoms with van der Waals surface area (Å²) in [6.45, 7) is 7.36. The Balaban J connectivity index is 2.08. The number of hydrogen-bond donors (Lipinski definition) is 1. The Kier molecular flexibility index (Phi) is 7.75. The molecule has 0 saturated carbocycles. The lowest BCUT2D eigenvalue weighted by molar-refractivity contribution is -0.149. The molecule has 1 atom stereocenters. The van der Waals surface area contributed by atoms with Gasteiger partial charge in [-0.15, -0.1) is 0 Å². The van der Waals surface area contributed by atoms with E-state index >= 15 is 0 Å². The maximum atomic E-state index is 12.1. The molecule has 1 aromatic carbocycles. The van der Waals surface area contributed by atoms with Gasteiger partial charge in [0.15, 0.2) is 5.96 Å². The number of benzene rings is 1. The van der Waals surface area contributed by atoms with Crippen molar-refractivity contribution >= 4 is 17.6 Å². The van der Waals surface area contributed by atoms with Gasteiger partial charge in [-0.25, -0.2) is 4.99 Å². The number of nitrogens with zero attached hydrogens (tertiary/aromatic N) is 3. The SMILES string of the molecule is CCNC(=NCc1cccc(N(C)C)c1)N1CCCC(C(=O)OCC)C1. The number of hydrogen-bond acceptors (Lipinski definition) is 4. The summed E-state index contributed by atoms with van der Waals surface area (Å²) >= 11 is 0. The molecule has 0 aromatic heterocycles. The van der Waals surface area contributed by atoms with Crippen LogP contribution in [0.5, 0.6) is 0 Å². The van der Waals surface area contributed by atoms with Crippen LogP contribution in [0.3, 0.4) is 0 Å². The van der Waals surface area contributed by atoms with Crippen molar-refractivity contribution in [3.8, 4) is 0 Å². The van der Waals surface area contributed by atoms with Crippen LogP contribution >= 0.6 is 0 Å². The fourth-order valence-corrected chi connectivity index (χ4v) is 3.15. The zero-order chi connectivity index (χ0) is 18.9. The van der Waals surface area contributed by atoms with Gasteiger partial charge in [-0.3, -0.25) is 4.79 Å². The van der Waals surface area contributed by atoms with Gasteiger partial charge >= 0.3 is 5.97 Å². The third-order valence-electron chi connectivity index (χ3n) is 4.51. The van der Waals surface area contributed by atoms with Crippen LogP contribution in [0.2, 0.25) is 0 Å². The van der Waals surface area contributed by atoms with Crippen LogP contribution in [0.4, 0.5) is 5.69 Å². The molecule has 26 heavy (non-hydrogen) atoms. The number of anilines is 1. The molecule has 0 radical (unpaired) electrons. The van der Waals surface area contributed by atoms with Gasteiger partial charge in [0.25, 0.3) is 0 Å². The molecule has 1 aromatic rings. The van der Waals surface area contributed by atoms with Gasteiger partial charge in [0.1, 0.15) is 0 Å². The van der Waals surface area contributed by atoms with E-state index in [0.717, 1.165) is 31.9 Å². The number of ether oxygens (including phenoxy) is 1. The maximum absolute atomic E-state index is 12.1. The van der Waals surface area contributed by atoms with Crippen LogP contribution in [0.1, 0.15) is 32.3 Å². The number of carbonyl (C=O) groups is 1. The largest absolute Gasteiger partial charge is 0.466 e. The zero-order valence-corrected chi connectivity index (χ0v) is 16.5. The van der Waals surface area contributed by atoms with E-state index in [4.69, 9.17) is 9.73 Å². The van der Waals surface area contributed by atoms with Crippen molar-refractivity contribution in [1.82, 2.24) is 10.2 Å². The molecule has 1 saturated heterocycles. The monoisotopic (exact) mass is 360 g/mol. The van der Waals surface area contributed by atoms with Crippen LogP contribution < -0.4 is 10.2 Å². The minimum atomic E-state index is -0.0910. The summed E-state index contributed by atoms with van der Waals surface area (Å²) in [5.41, 5.74) is 2.34. The normalized spacial score (nSPS) is 17.8. The molecule has 2 rings (SSSR count). The van der Waals surface area contributed by atoms with Crippen molar-refractivity contribution in [2.75, 3.05) is 45.2 Å². The van der Waals surface area contributed by atoms with E-state index in [1.54, 1.807) is 0 Å². The first kappa shape index (κ1) is 20.1. The van der Waals surface area contributed by atoms with Gasteiger partial charge in [0.2, 0.25) is 0 Å². The van der Waals surface area contributed by atoms with Crippen molar-refractivity contribution in [2.24, 2.45) is 10.9 Å². The van der Waals surface area contributed by atoms with Crippen molar-refractivity contribution in [2.45, 2.75) is 33.2 Å². The molecule has 144 valence electrons. The minimum Gasteiger partial charge on any atom is -0.466 e. The van der Waals surface area contributed by atoms with Crippen LogP contribution in [-0.2, 0) is 16.1 Å².